The largest absolute Gasteiger partial charge is 0.478 e. The first-order chi connectivity index (χ1) is 11.6. The molecule has 0 aliphatic carbocycles. The van der Waals surface area contributed by atoms with Crippen molar-refractivity contribution in [2.75, 3.05) is 37.3 Å². The van der Waals surface area contributed by atoms with Crippen LogP contribution >= 0.6 is 0 Å². The number of pyridine rings is 1. The van der Waals surface area contributed by atoms with Crippen LogP contribution in [-0.4, -0.2) is 36.1 Å². The predicted molar refractivity (Wildman–Crippen MR) is 93.1 cm³/mol. The Labute approximate surface area is 140 Å². The van der Waals surface area contributed by atoms with E-state index in [0.29, 0.717) is 25.5 Å². The minimum atomic E-state index is -0.604. The third-order valence-electron chi connectivity index (χ3n) is 4.22. The fraction of sp³-hybridized carbons (Fsp3) is 0.471. The Kier molecular flexibility index (Phi) is 5.10. The van der Waals surface area contributed by atoms with Crippen LogP contribution in [0.5, 0.6) is 5.88 Å². The zero-order valence-corrected chi connectivity index (χ0v) is 13.6. The normalized spacial score (nSPS) is 15.0. The first-order valence-electron chi connectivity index (χ1n) is 8.28. The summed E-state index contributed by atoms with van der Waals surface area (Å²) in [5.41, 5.74) is 5.76. The summed E-state index contributed by atoms with van der Waals surface area (Å²) in [5.74, 6) is 0.611. The van der Waals surface area contributed by atoms with Gasteiger partial charge in [-0.15, -0.1) is 0 Å². The molecule has 7 nitrogen and oxygen atoms in total. The summed E-state index contributed by atoms with van der Waals surface area (Å²) < 4.78 is 5.65. The summed E-state index contributed by atoms with van der Waals surface area (Å²) >= 11 is 0. The molecule has 0 amide bonds. The maximum atomic E-state index is 11.2. The zero-order valence-electron chi connectivity index (χ0n) is 13.6. The van der Waals surface area contributed by atoms with Crippen molar-refractivity contribution in [1.29, 1.82) is 0 Å². The van der Waals surface area contributed by atoms with E-state index < -0.39 is 10.9 Å². The Bertz CT molecular complexity index is 761. The van der Waals surface area contributed by atoms with Gasteiger partial charge < -0.3 is 15.8 Å². The van der Waals surface area contributed by atoms with Crippen molar-refractivity contribution in [2.45, 2.75) is 25.8 Å². The van der Waals surface area contributed by atoms with Gasteiger partial charge in [-0.3, -0.25) is 14.5 Å². The summed E-state index contributed by atoms with van der Waals surface area (Å²) in [7, 11) is 0. The molecular weight excluding hydrogens is 308 g/mol. The van der Waals surface area contributed by atoms with Crippen LogP contribution in [0.15, 0.2) is 27.9 Å². The number of hydrogen-bond donors (Lipinski definition) is 2. The van der Waals surface area contributed by atoms with Crippen molar-refractivity contribution in [2.24, 2.45) is 0 Å². The average molecular weight is 330 g/mol. The van der Waals surface area contributed by atoms with Crippen LogP contribution < -0.4 is 26.6 Å². The first-order valence-corrected chi connectivity index (χ1v) is 8.28. The molecule has 1 aliphatic heterocycles. The van der Waals surface area contributed by atoms with E-state index in [1.54, 1.807) is 6.20 Å². The number of nitrogens with one attached hydrogen (secondary N) is 1. The summed E-state index contributed by atoms with van der Waals surface area (Å²) in [4.78, 5) is 28.9. The Morgan fingerprint density at radius 3 is 2.79 bits per heavy atom. The molecular formula is C17H22N4O3. The van der Waals surface area contributed by atoms with Crippen LogP contribution in [0.25, 0.3) is 0 Å². The second-order valence-corrected chi connectivity index (χ2v) is 6.06. The summed E-state index contributed by atoms with van der Waals surface area (Å²) in [6.45, 7) is 4.24. The highest BCUT2D eigenvalue weighted by Gasteiger charge is 2.16. The van der Waals surface area contributed by atoms with Gasteiger partial charge in [0.15, 0.2) is 0 Å². The molecule has 2 aromatic rings. The molecule has 0 spiro atoms. The van der Waals surface area contributed by atoms with E-state index in [1.165, 1.54) is 18.4 Å². The van der Waals surface area contributed by atoms with Gasteiger partial charge in [0.2, 0.25) is 5.88 Å². The lowest BCUT2D eigenvalue weighted by atomic mass is 10.2. The molecule has 0 unspecified atom stereocenters. The number of likely N-dealkylation sites (tertiary alicyclic amines) is 1. The number of rotatable bonds is 8. The van der Waals surface area contributed by atoms with E-state index in [2.05, 4.69) is 15.2 Å². The molecule has 3 N–H and O–H groups in total. The lowest BCUT2D eigenvalue weighted by Gasteiger charge is -2.15. The van der Waals surface area contributed by atoms with E-state index in [9.17, 15) is 9.59 Å². The number of hydrogen-bond acceptors (Lipinski definition) is 7. The standard InChI is InChI=1S/C17H22N4O3/c18-14-15(17(23)16(14)22)20-5-3-9-24-13-10-12(4-6-19-13)11-21-7-1-2-8-21/h4,6,10,20H,1-3,5,7-9,11,18H2. The maximum absolute atomic E-state index is 11.2. The minimum absolute atomic E-state index is 0.0252. The second-order valence-electron chi connectivity index (χ2n) is 6.06. The van der Waals surface area contributed by atoms with Gasteiger partial charge in [0.25, 0.3) is 10.9 Å². The van der Waals surface area contributed by atoms with Crippen LogP contribution in [-0.2, 0) is 6.54 Å². The number of ether oxygens (including phenoxy) is 1. The maximum Gasteiger partial charge on any atom is 0.253 e. The number of anilines is 2. The van der Waals surface area contributed by atoms with Crippen LogP contribution in [0, 0.1) is 0 Å². The second kappa shape index (κ2) is 7.44. The first kappa shape index (κ1) is 16.4. The average Bonchev–Trinajstić information content (AvgIpc) is 3.10. The highest BCUT2D eigenvalue weighted by Crippen LogP contribution is 2.15. The predicted octanol–water partition coefficient (Wildman–Crippen LogP) is 0.737. The van der Waals surface area contributed by atoms with Crippen molar-refractivity contribution in [1.82, 2.24) is 9.88 Å². The Morgan fingerprint density at radius 2 is 2.04 bits per heavy atom. The number of nitrogens with two attached hydrogens (primary N) is 1. The fourth-order valence-electron chi connectivity index (χ4n) is 2.87. The monoisotopic (exact) mass is 330 g/mol. The van der Waals surface area contributed by atoms with Crippen LogP contribution in [0.3, 0.4) is 0 Å². The molecule has 3 rings (SSSR count). The van der Waals surface area contributed by atoms with Crippen molar-refractivity contribution >= 4 is 11.4 Å². The highest BCUT2D eigenvalue weighted by atomic mass is 16.5. The van der Waals surface area contributed by atoms with Crippen molar-refractivity contribution in [3.63, 3.8) is 0 Å². The SMILES string of the molecule is Nc1c(NCCCOc2cc(CN3CCCC3)ccn2)c(=O)c1=O. The molecule has 1 aromatic carbocycles. The fourth-order valence-corrected chi connectivity index (χ4v) is 2.87. The molecule has 2 heterocycles. The van der Waals surface area contributed by atoms with Gasteiger partial charge in [0, 0.05) is 25.4 Å². The van der Waals surface area contributed by atoms with Gasteiger partial charge in [-0.2, -0.15) is 0 Å². The quantitative estimate of drug-likeness (QED) is 0.544. The van der Waals surface area contributed by atoms with E-state index in [0.717, 1.165) is 19.6 Å². The smallest absolute Gasteiger partial charge is 0.253 e. The van der Waals surface area contributed by atoms with Crippen molar-refractivity contribution in [3.8, 4) is 5.88 Å². The molecule has 1 aliphatic rings. The molecule has 0 bridgehead atoms. The van der Waals surface area contributed by atoms with E-state index in [1.807, 2.05) is 12.1 Å². The van der Waals surface area contributed by atoms with Crippen LogP contribution in [0.2, 0.25) is 0 Å². The summed E-state index contributed by atoms with van der Waals surface area (Å²) in [6, 6.07) is 3.99. The minimum Gasteiger partial charge on any atom is -0.478 e. The van der Waals surface area contributed by atoms with Crippen LogP contribution in [0.4, 0.5) is 11.4 Å². The van der Waals surface area contributed by atoms with E-state index in [-0.39, 0.29) is 11.4 Å². The third kappa shape index (κ3) is 3.73. The van der Waals surface area contributed by atoms with E-state index in [4.69, 9.17) is 10.5 Å². The molecule has 1 fully saturated rings. The van der Waals surface area contributed by atoms with Crippen molar-refractivity contribution in [3.05, 3.63) is 44.3 Å². The zero-order chi connectivity index (χ0) is 16.9. The van der Waals surface area contributed by atoms with Gasteiger partial charge >= 0.3 is 0 Å². The van der Waals surface area contributed by atoms with E-state index >= 15 is 0 Å². The highest BCUT2D eigenvalue weighted by molar-refractivity contribution is 5.71. The summed E-state index contributed by atoms with van der Waals surface area (Å²) in [6.07, 6.45) is 4.99. The molecule has 128 valence electrons. The van der Waals surface area contributed by atoms with Crippen molar-refractivity contribution < 1.29 is 4.74 Å². The van der Waals surface area contributed by atoms with Gasteiger partial charge in [-0.05, 0) is 44.0 Å². The Morgan fingerprint density at radius 1 is 1.25 bits per heavy atom. The molecule has 1 saturated heterocycles. The van der Waals surface area contributed by atoms with Gasteiger partial charge in [0.1, 0.15) is 11.4 Å². The van der Waals surface area contributed by atoms with Gasteiger partial charge in [0.05, 0.1) is 6.61 Å². The Hall–Kier alpha value is -2.41. The molecule has 0 saturated carbocycles. The molecule has 0 radical (unpaired) electrons. The lowest BCUT2D eigenvalue weighted by Crippen LogP contribution is -2.37. The lowest BCUT2D eigenvalue weighted by molar-refractivity contribution is 0.299. The number of nitrogen functional groups attached to an aromatic ring is 1. The van der Waals surface area contributed by atoms with Gasteiger partial charge in [-0.1, -0.05) is 0 Å². The molecule has 1 aromatic heterocycles. The summed E-state index contributed by atoms with van der Waals surface area (Å²) in [5, 5.41) is 2.87. The molecule has 24 heavy (non-hydrogen) atoms. The third-order valence-corrected chi connectivity index (χ3v) is 4.22. The number of nitrogens with zero attached hydrogens (tertiary/aromatic N) is 2. The molecule has 0 atom stereocenters. The van der Waals surface area contributed by atoms with Gasteiger partial charge in [-0.25, -0.2) is 4.98 Å². The molecule has 7 heteroatoms. The number of aromatic nitrogens is 1. The van der Waals surface area contributed by atoms with Crippen LogP contribution in [0.1, 0.15) is 24.8 Å². The Balaban J connectivity index is 1.40. The topological polar surface area (TPSA) is 97.6 Å².